The number of allylic oxidation sites excluding steroid dienone is 2. The molecule has 1 aromatic heterocycles. The molecule has 4 heteroatoms. The van der Waals surface area contributed by atoms with Crippen LogP contribution in [-0.4, -0.2) is 16.4 Å². The zero-order chi connectivity index (χ0) is 32.2. The molecule has 45 heavy (non-hydrogen) atoms. The minimum Gasteiger partial charge on any atom is -0.251 e. The molecule has 3 rings (SSSR count). The summed E-state index contributed by atoms with van der Waals surface area (Å²) in [5.74, 6) is 0. The smallest absolute Gasteiger partial charge is 0.0852 e. The second kappa shape index (κ2) is 23.3. The van der Waals surface area contributed by atoms with Gasteiger partial charge in [-0.1, -0.05) is 133 Å². The molecule has 0 spiro atoms. The quantitative estimate of drug-likeness (QED) is 0.0622. The summed E-state index contributed by atoms with van der Waals surface area (Å²) in [7, 11) is 0. The van der Waals surface area contributed by atoms with Gasteiger partial charge < -0.3 is 0 Å². The van der Waals surface area contributed by atoms with E-state index < -0.39 is 0 Å². The summed E-state index contributed by atoms with van der Waals surface area (Å²) < 4.78 is 0. The van der Waals surface area contributed by atoms with Crippen molar-refractivity contribution < 1.29 is 17.1 Å². The topological polar surface area (TPSA) is 37.6 Å². The van der Waals surface area contributed by atoms with Crippen molar-refractivity contribution in [2.24, 2.45) is 9.98 Å². The molecule has 0 saturated heterocycles. The van der Waals surface area contributed by atoms with Crippen LogP contribution in [0.3, 0.4) is 0 Å². The van der Waals surface area contributed by atoms with Crippen LogP contribution in [0.15, 0.2) is 89.9 Å². The fourth-order valence-electron chi connectivity index (χ4n) is 5.26. The van der Waals surface area contributed by atoms with Gasteiger partial charge in [0.25, 0.3) is 0 Å². The predicted octanol–water partition coefficient (Wildman–Crippen LogP) is 12.6. The Balaban J connectivity index is 0.00000191. The monoisotopic (exact) mass is 647 g/mol. The molecule has 0 atom stereocenters. The van der Waals surface area contributed by atoms with Crippen molar-refractivity contribution in [2.45, 2.75) is 119 Å². The van der Waals surface area contributed by atoms with Gasteiger partial charge in [0.05, 0.1) is 34.2 Å². The Morgan fingerprint density at radius 2 is 0.889 bits per heavy atom. The molecule has 0 bridgehead atoms. The maximum Gasteiger partial charge on any atom is 0.0852 e. The second-order valence-electron chi connectivity index (χ2n) is 11.8. The van der Waals surface area contributed by atoms with Gasteiger partial charge in [0.2, 0.25) is 0 Å². The SMILES string of the molecule is C=CC=C.CCCCCCCC(=Nc1c(C)cccc1C)c1cccc(C(CCCCCCC)=Nc2c(C)cccc2C)n1.[Fe]. The molecule has 0 aliphatic heterocycles. The maximum atomic E-state index is 5.27. The van der Waals surface area contributed by atoms with Gasteiger partial charge in [-0.25, -0.2) is 4.98 Å². The van der Waals surface area contributed by atoms with Gasteiger partial charge in [0.1, 0.15) is 0 Å². The van der Waals surface area contributed by atoms with E-state index in [2.05, 4.69) is 109 Å². The number of aromatic nitrogens is 1. The van der Waals surface area contributed by atoms with Crippen LogP contribution in [0.4, 0.5) is 11.4 Å². The third kappa shape index (κ3) is 14.3. The molecule has 0 unspecified atom stereocenters. The number of hydrogen-bond donors (Lipinski definition) is 0. The van der Waals surface area contributed by atoms with E-state index in [0.717, 1.165) is 59.9 Å². The van der Waals surface area contributed by atoms with Crippen LogP contribution in [0.25, 0.3) is 0 Å². The van der Waals surface area contributed by atoms with Gasteiger partial charge in [0, 0.05) is 17.1 Å². The molecule has 244 valence electrons. The van der Waals surface area contributed by atoms with Crippen molar-refractivity contribution in [1.82, 2.24) is 4.98 Å². The first-order valence-electron chi connectivity index (χ1n) is 16.8. The summed E-state index contributed by atoms with van der Waals surface area (Å²) in [6.07, 6.45) is 17.6. The largest absolute Gasteiger partial charge is 0.251 e. The molecular formula is C41H57FeN3. The van der Waals surface area contributed by atoms with Gasteiger partial charge >= 0.3 is 0 Å². The summed E-state index contributed by atoms with van der Waals surface area (Å²) in [5.41, 5.74) is 11.2. The third-order valence-corrected chi connectivity index (χ3v) is 7.91. The minimum absolute atomic E-state index is 0. The average molecular weight is 648 g/mol. The summed E-state index contributed by atoms with van der Waals surface area (Å²) in [6, 6.07) is 19.3. The number of unbranched alkanes of at least 4 members (excludes halogenated alkanes) is 8. The fraction of sp³-hybridized carbons (Fsp3) is 0.439. The molecule has 0 amide bonds. The van der Waals surface area contributed by atoms with Crippen LogP contribution in [0.1, 0.15) is 125 Å². The molecule has 0 saturated carbocycles. The molecule has 3 nitrogen and oxygen atoms in total. The first-order valence-corrected chi connectivity index (χ1v) is 16.8. The maximum absolute atomic E-state index is 5.27. The Morgan fingerprint density at radius 3 is 1.22 bits per heavy atom. The van der Waals surface area contributed by atoms with E-state index in [-0.39, 0.29) is 17.1 Å². The van der Waals surface area contributed by atoms with E-state index >= 15 is 0 Å². The van der Waals surface area contributed by atoms with Crippen LogP contribution in [0.5, 0.6) is 0 Å². The number of para-hydroxylation sites is 2. The third-order valence-electron chi connectivity index (χ3n) is 7.91. The zero-order valence-electron chi connectivity index (χ0n) is 28.9. The van der Waals surface area contributed by atoms with Crippen LogP contribution < -0.4 is 0 Å². The molecule has 0 radical (unpaired) electrons. The molecule has 1 heterocycles. The Kier molecular flexibility index (Phi) is 20.7. The van der Waals surface area contributed by atoms with E-state index in [1.807, 2.05) is 0 Å². The van der Waals surface area contributed by atoms with E-state index in [0.29, 0.717) is 0 Å². The average Bonchev–Trinajstić information content (AvgIpc) is 3.02. The van der Waals surface area contributed by atoms with Crippen molar-refractivity contribution in [1.29, 1.82) is 0 Å². The summed E-state index contributed by atoms with van der Waals surface area (Å²) >= 11 is 0. The molecule has 0 N–H and O–H groups in total. The van der Waals surface area contributed by atoms with E-state index in [1.54, 1.807) is 12.2 Å². The second-order valence-corrected chi connectivity index (χ2v) is 11.8. The number of aryl methyl sites for hydroxylation is 4. The molecule has 0 fully saturated rings. The number of hydrogen-bond acceptors (Lipinski definition) is 3. The van der Waals surface area contributed by atoms with Crippen molar-refractivity contribution in [3.63, 3.8) is 0 Å². The van der Waals surface area contributed by atoms with Crippen molar-refractivity contribution in [3.8, 4) is 0 Å². The van der Waals surface area contributed by atoms with Gasteiger partial charge in [-0.2, -0.15) is 0 Å². The van der Waals surface area contributed by atoms with Crippen LogP contribution >= 0.6 is 0 Å². The summed E-state index contributed by atoms with van der Waals surface area (Å²) in [5, 5.41) is 0. The number of benzene rings is 2. The number of nitrogens with zero attached hydrogens (tertiary/aromatic N) is 3. The Hall–Kier alpha value is -3.07. The van der Waals surface area contributed by atoms with Gasteiger partial charge in [-0.05, 0) is 87.8 Å². The standard InChI is InChI=1S/C37H51N3.C4H6.Fe/c1-7-9-11-13-15-24-34(39-36-28(3)20-17-21-29(36)4)32-26-19-27-33(38-32)35(25-16-14-12-10-8-2)40-37-30(5)22-18-23-31(37)6;1-3-4-2;/h17-23,26-27H,7-16,24-25H2,1-6H3;3-4H,1-2H2;. The molecule has 2 aromatic carbocycles. The molecule has 0 aliphatic carbocycles. The molecular weight excluding hydrogens is 590 g/mol. The van der Waals surface area contributed by atoms with E-state index in [1.165, 1.54) is 73.6 Å². The molecule has 0 aliphatic rings. The zero-order valence-corrected chi connectivity index (χ0v) is 30.0. The Bertz CT molecular complexity index is 1230. The molecule has 3 aromatic rings. The minimum atomic E-state index is 0. The van der Waals surface area contributed by atoms with Gasteiger partial charge in [-0.3, -0.25) is 9.98 Å². The van der Waals surface area contributed by atoms with Gasteiger partial charge in [-0.15, -0.1) is 0 Å². The first kappa shape index (κ1) is 40.0. The van der Waals surface area contributed by atoms with E-state index in [9.17, 15) is 0 Å². The van der Waals surface area contributed by atoms with E-state index in [4.69, 9.17) is 15.0 Å². The van der Waals surface area contributed by atoms with Crippen LogP contribution in [0, 0.1) is 27.7 Å². The normalized spacial score (nSPS) is 11.3. The Labute approximate surface area is 286 Å². The summed E-state index contributed by atoms with van der Waals surface area (Å²) in [6.45, 7) is 19.9. The number of pyridine rings is 1. The van der Waals surface area contributed by atoms with Crippen LogP contribution in [0.2, 0.25) is 0 Å². The predicted molar refractivity (Wildman–Crippen MR) is 196 cm³/mol. The fourth-order valence-corrected chi connectivity index (χ4v) is 5.26. The van der Waals surface area contributed by atoms with Gasteiger partial charge in [0.15, 0.2) is 0 Å². The Morgan fingerprint density at radius 1 is 0.556 bits per heavy atom. The van der Waals surface area contributed by atoms with Crippen molar-refractivity contribution in [2.75, 3.05) is 0 Å². The first-order chi connectivity index (χ1) is 21.4. The summed E-state index contributed by atoms with van der Waals surface area (Å²) in [4.78, 5) is 15.8. The van der Waals surface area contributed by atoms with Crippen molar-refractivity contribution in [3.05, 3.63) is 114 Å². The number of aliphatic imine (C=N–C) groups is 2. The number of rotatable bonds is 17. The van der Waals surface area contributed by atoms with Crippen molar-refractivity contribution >= 4 is 22.8 Å². The van der Waals surface area contributed by atoms with Crippen LogP contribution in [-0.2, 0) is 17.1 Å².